The molecule has 0 unspecified atom stereocenters. The summed E-state index contributed by atoms with van der Waals surface area (Å²) >= 11 is 0. The smallest absolute Gasteiger partial charge is 0.261 e. The van der Waals surface area contributed by atoms with Gasteiger partial charge >= 0.3 is 0 Å². The largest absolute Gasteiger partial charge is 0.299 e. The van der Waals surface area contributed by atoms with E-state index >= 15 is 0 Å². The van der Waals surface area contributed by atoms with Crippen LogP contribution in [-0.2, 0) is 9.59 Å². The quantitative estimate of drug-likeness (QED) is 0.596. The number of fused-ring (bicyclic) bond motifs is 1. The maximum Gasteiger partial charge on any atom is 0.261 e. The van der Waals surface area contributed by atoms with E-state index in [1.807, 2.05) is 5.32 Å². The van der Waals surface area contributed by atoms with Gasteiger partial charge in [-0.2, -0.15) is 0 Å². The van der Waals surface area contributed by atoms with Crippen LogP contribution in [0.5, 0.6) is 0 Å². The van der Waals surface area contributed by atoms with E-state index < -0.39 is 17.7 Å². The second-order valence-corrected chi connectivity index (χ2v) is 3.74. The normalized spacial score (nSPS) is 13.4. The Morgan fingerprint density at radius 1 is 1.17 bits per heavy atom. The Kier molecular flexibility index (Phi) is 3.18. The molecular weight excluding hydrogens is 236 g/mol. The molecule has 92 valence electrons. The van der Waals surface area contributed by atoms with Crippen molar-refractivity contribution in [1.29, 1.82) is 0 Å². The fraction of sp³-hybridized carbons (Fsp3) is 0.167. The summed E-state index contributed by atoms with van der Waals surface area (Å²) in [6.45, 7) is -0.0357. The number of rotatable bonds is 4. The third-order valence-corrected chi connectivity index (χ3v) is 2.66. The van der Waals surface area contributed by atoms with Gasteiger partial charge in [0.05, 0.1) is 11.1 Å². The maximum atomic E-state index is 11.9. The zero-order valence-electron chi connectivity index (χ0n) is 9.38. The van der Waals surface area contributed by atoms with Crippen molar-refractivity contribution >= 4 is 24.1 Å². The van der Waals surface area contributed by atoms with E-state index in [1.54, 1.807) is 24.3 Å². The first-order chi connectivity index (χ1) is 8.65. The zero-order chi connectivity index (χ0) is 13.1. The fourth-order valence-electron chi connectivity index (χ4n) is 1.79. The van der Waals surface area contributed by atoms with Crippen molar-refractivity contribution in [3.8, 4) is 0 Å². The van der Waals surface area contributed by atoms with Crippen LogP contribution in [-0.4, -0.2) is 35.6 Å². The van der Waals surface area contributed by atoms with Gasteiger partial charge in [0.15, 0.2) is 0 Å². The molecule has 0 aromatic heterocycles. The van der Waals surface area contributed by atoms with E-state index in [1.165, 1.54) is 0 Å². The molecule has 0 aliphatic carbocycles. The molecule has 4 amide bonds. The molecule has 1 aliphatic rings. The van der Waals surface area contributed by atoms with Crippen LogP contribution >= 0.6 is 0 Å². The Bertz CT molecular complexity index is 504. The van der Waals surface area contributed by atoms with Crippen LogP contribution in [0.3, 0.4) is 0 Å². The summed E-state index contributed by atoms with van der Waals surface area (Å²) in [6, 6.07) is 6.49. The number of nitrogens with zero attached hydrogens (tertiary/aromatic N) is 1. The van der Waals surface area contributed by atoms with E-state index in [0.717, 1.165) is 4.90 Å². The molecule has 1 aromatic rings. The third-order valence-electron chi connectivity index (χ3n) is 2.66. The first-order valence-corrected chi connectivity index (χ1v) is 5.33. The number of nitrogens with one attached hydrogen (secondary N) is 1. The Morgan fingerprint density at radius 2 is 1.72 bits per heavy atom. The second-order valence-electron chi connectivity index (χ2n) is 3.74. The average Bonchev–Trinajstić information content (AvgIpc) is 2.61. The van der Waals surface area contributed by atoms with Crippen LogP contribution in [0.1, 0.15) is 27.1 Å². The zero-order valence-corrected chi connectivity index (χ0v) is 9.38. The van der Waals surface area contributed by atoms with E-state index in [2.05, 4.69) is 0 Å². The molecule has 1 aliphatic heterocycles. The highest BCUT2D eigenvalue weighted by atomic mass is 16.2. The van der Waals surface area contributed by atoms with Crippen molar-refractivity contribution in [3.63, 3.8) is 0 Å². The van der Waals surface area contributed by atoms with E-state index in [9.17, 15) is 19.2 Å². The minimum Gasteiger partial charge on any atom is -0.299 e. The number of benzene rings is 1. The standard InChI is InChI=1S/C12H10N2O4/c15-7-13-10(16)5-6-14-11(17)8-3-1-2-4-9(8)12(14)18/h1-4,7H,5-6H2,(H,13,15,16). The molecule has 1 heterocycles. The highest BCUT2D eigenvalue weighted by Crippen LogP contribution is 2.22. The summed E-state index contributed by atoms with van der Waals surface area (Å²) < 4.78 is 0. The number of hydrogen-bond acceptors (Lipinski definition) is 4. The molecule has 0 radical (unpaired) electrons. The van der Waals surface area contributed by atoms with E-state index in [0.29, 0.717) is 11.1 Å². The minimum absolute atomic E-state index is 0.0357. The SMILES string of the molecule is O=CNC(=O)CCN1C(=O)c2ccccc2C1=O. The predicted molar refractivity (Wildman–Crippen MR) is 60.6 cm³/mol. The molecular formula is C12H10N2O4. The molecule has 6 nitrogen and oxygen atoms in total. The van der Waals surface area contributed by atoms with Crippen molar-refractivity contribution < 1.29 is 19.2 Å². The Labute approximate surface area is 103 Å². The van der Waals surface area contributed by atoms with Gasteiger partial charge in [-0.15, -0.1) is 0 Å². The van der Waals surface area contributed by atoms with Gasteiger partial charge in [-0.1, -0.05) is 12.1 Å². The molecule has 1 aromatic carbocycles. The van der Waals surface area contributed by atoms with Gasteiger partial charge in [-0.25, -0.2) is 0 Å². The molecule has 0 saturated carbocycles. The van der Waals surface area contributed by atoms with Crippen molar-refractivity contribution in [2.75, 3.05) is 6.54 Å². The van der Waals surface area contributed by atoms with Crippen LogP contribution in [0.25, 0.3) is 0 Å². The molecule has 2 rings (SSSR count). The summed E-state index contributed by atoms with van der Waals surface area (Å²) in [5.41, 5.74) is 0.691. The highest BCUT2D eigenvalue weighted by molar-refractivity contribution is 6.21. The third kappa shape index (κ3) is 2.00. The summed E-state index contributed by atoms with van der Waals surface area (Å²) in [5.74, 6) is -1.34. The maximum absolute atomic E-state index is 11.9. The lowest BCUT2D eigenvalue weighted by molar-refractivity contribution is -0.125. The Hall–Kier alpha value is -2.50. The monoisotopic (exact) mass is 246 g/mol. The Balaban J connectivity index is 2.09. The van der Waals surface area contributed by atoms with Gasteiger partial charge in [0.2, 0.25) is 12.3 Å². The lowest BCUT2D eigenvalue weighted by atomic mass is 10.1. The van der Waals surface area contributed by atoms with Gasteiger partial charge in [-0.3, -0.25) is 29.4 Å². The molecule has 1 N–H and O–H groups in total. The van der Waals surface area contributed by atoms with E-state index in [-0.39, 0.29) is 19.4 Å². The lowest BCUT2D eigenvalue weighted by Crippen LogP contribution is -2.34. The average molecular weight is 246 g/mol. The molecule has 0 saturated heterocycles. The first kappa shape index (κ1) is 12.0. The lowest BCUT2D eigenvalue weighted by Gasteiger charge is -2.12. The molecule has 0 fully saturated rings. The van der Waals surface area contributed by atoms with Crippen LogP contribution in [0, 0.1) is 0 Å². The van der Waals surface area contributed by atoms with Crippen molar-refractivity contribution in [2.45, 2.75) is 6.42 Å². The first-order valence-electron chi connectivity index (χ1n) is 5.33. The number of carbonyl (C=O) groups excluding carboxylic acids is 4. The molecule has 6 heteroatoms. The predicted octanol–water partition coefficient (Wildman–Crippen LogP) is -0.0547. The molecule has 0 atom stereocenters. The van der Waals surface area contributed by atoms with Crippen molar-refractivity contribution in [3.05, 3.63) is 35.4 Å². The van der Waals surface area contributed by atoms with Gasteiger partial charge in [0.1, 0.15) is 0 Å². The summed E-state index contributed by atoms with van der Waals surface area (Å²) in [5, 5.41) is 1.95. The molecule has 18 heavy (non-hydrogen) atoms. The topological polar surface area (TPSA) is 83.6 Å². The van der Waals surface area contributed by atoms with Crippen LogP contribution in [0.4, 0.5) is 0 Å². The highest BCUT2D eigenvalue weighted by Gasteiger charge is 2.34. The van der Waals surface area contributed by atoms with E-state index in [4.69, 9.17) is 0 Å². The molecule has 0 bridgehead atoms. The van der Waals surface area contributed by atoms with Crippen molar-refractivity contribution in [2.24, 2.45) is 0 Å². The fourth-order valence-corrected chi connectivity index (χ4v) is 1.79. The second kappa shape index (κ2) is 4.79. The molecule has 0 spiro atoms. The summed E-state index contributed by atoms with van der Waals surface area (Å²) in [4.78, 5) is 45.9. The Morgan fingerprint density at radius 3 is 2.22 bits per heavy atom. The number of hydrogen-bond donors (Lipinski definition) is 1. The summed E-state index contributed by atoms with van der Waals surface area (Å²) in [6.07, 6.45) is 0.176. The van der Waals surface area contributed by atoms with Crippen LogP contribution in [0.2, 0.25) is 0 Å². The van der Waals surface area contributed by atoms with Gasteiger partial charge < -0.3 is 0 Å². The van der Waals surface area contributed by atoms with Crippen molar-refractivity contribution in [1.82, 2.24) is 10.2 Å². The van der Waals surface area contributed by atoms with Crippen LogP contribution in [0.15, 0.2) is 24.3 Å². The van der Waals surface area contributed by atoms with Gasteiger partial charge in [-0.05, 0) is 12.1 Å². The van der Waals surface area contributed by atoms with Gasteiger partial charge in [0.25, 0.3) is 11.8 Å². The number of imide groups is 2. The number of amides is 4. The minimum atomic E-state index is -0.526. The van der Waals surface area contributed by atoms with Crippen LogP contribution < -0.4 is 5.32 Å². The number of carbonyl (C=O) groups is 4. The summed E-state index contributed by atoms with van der Waals surface area (Å²) in [7, 11) is 0. The van der Waals surface area contributed by atoms with Gasteiger partial charge in [0, 0.05) is 13.0 Å².